The fourth-order valence-electron chi connectivity index (χ4n) is 1.78. The van der Waals surface area contributed by atoms with Gasteiger partial charge in [0.25, 0.3) is 0 Å². The Kier molecular flexibility index (Phi) is 1.90. The Morgan fingerprint density at radius 2 is 2.00 bits per heavy atom. The second kappa shape index (κ2) is 2.94. The molecule has 0 aliphatic carbocycles. The van der Waals surface area contributed by atoms with Crippen molar-refractivity contribution in [3.63, 3.8) is 0 Å². The first kappa shape index (κ1) is 8.41. The maximum Gasteiger partial charge on any atom is 0.141 e. The molecule has 1 aliphatic heterocycles. The first-order valence-electron chi connectivity index (χ1n) is 4.20. The summed E-state index contributed by atoms with van der Waals surface area (Å²) in [6.07, 6.45) is 0.209. The summed E-state index contributed by atoms with van der Waals surface area (Å²) in [5.41, 5.74) is 1.75. The highest BCUT2D eigenvalue weighted by Crippen LogP contribution is 2.37. The van der Waals surface area contributed by atoms with Gasteiger partial charge in [-0.3, -0.25) is 4.90 Å². The summed E-state index contributed by atoms with van der Waals surface area (Å²) in [7, 11) is 1.74. The van der Waals surface area contributed by atoms with E-state index < -0.39 is 6.23 Å². The van der Waals surface area contributed by atoms with Gasteiger partial charge in [0.1, 0.15) is 12.5 Å². The zero-order chi connectivity index (χ0) is 9.42. The largest absolute Gasteiger partial charge is 0.374 e. The number of carbonyl (C=O) groups excluding carboxylic acids is 1. The molecule has 1 aliphatic rings. The van der Waals surface area contributed by atoms with E-state index in [1.807, 2.05) is 24.3 Å². The Morgan fingerprint density at radius 1 is 1.38 bits per heavy atom. The van der Waals surface area contributed by atoms with Crippen LogP contribution < -0.4 is 0 Å². The van der Waals surface area contributed by atoms with Crippen LogP contribution in [0.1, 0.15) is 23.4 Å². The van der Waals surface area contributed by atoms with Crippen LogP contribution in [-0.2, 0) is 4.79 Å². The molecule has 68 valence electrons. The van der Waals surface area contributed by atoms with E-state index in [1.165, 1.54) is 0 Å². The van der Waals surface area contributed by atoms with E-state index in [4.69, 9.17) is 0 Å². The van der Waals surface area contributed by atoms with Crippen molar-refractivity contribution in [3.8, 4) is 0 Å². The van der Waals surface area contributed by atoms with Gasteiger partial charge in [-0.25, -0.2) is 0 Å². The van der Waals surface area contributed by atoms with Gasteiger partial charge in [0.15, 0.2) is 0 Å². The Labute approximate surface area is 76.6 Å². The molecule has 1 N–H and O–H groups in total. The fraction of sp³-hybridized carbons (Fsp3) is 0.300. The molecule has 0 aromatic heterocycles. The minimum Gasteiger partial charge on any atom is -0.374 e. The van der Waals surface area contributed by atoms with E-state index in [0.717, 1.165) is 17.4 Å². The zero-order valence-electron chi connectivity index (χ0n) is 7.34. The quantitative estimate of drug-likeness (QED) is 0.647. The first-order chi connectivity index (χ1) is 6.25. The molecular formula is C10H11NO2. The summed E-state index contributed by atoms with van der Waals surface area (Å²) < 4.78 is 0. The van der Waals surface area contributed by atoms with E-state index in [1.54, 1.807) is 11.9 Å². The number of carbonyl (C=O) groups is 1. The van der Waals surface area contributed by atoms with Crippen molar-refractivity contribution in [2.24, 2.45) is 0 Å². The molecule has 0 saturated heterocycles. The number of benzene rings is 1. The van der Waals surface area contributed by atoms with Gasteiger partial charge >= 0.3 is 0 Å². The van der Waals surface area contributed by atoms with E-state index in [0.29, 0.717) is 0 Å². The third-order valence-electron chi connectivity index (χ3n) is 2.55. The Balaban J connectivity index is 2.53. The molecule has 0 amide bonds. The molecule has 2 rings (SSSR count). The van der Waals surface area contributed by atoms with E-state index in [-0.39, 0.29) is 6.04 Å². The standard InChI is InChI=1S/C10H11NO2/c1-11-9(6-12)7-4-2-3-5-8(7)10(11)13/h2-6,9-10,13H,1H3. The van der Waals surface area contributed by atoms with Crippen LogP contribution in [0.5, 0.6) is 0 Å². The van der Waals surface area contributed by atoms with Crippen molar-refractivity contribution >= 4 is 6.29 Å². The molecule has 1 heterocycles. The van der Waals surface area contributed by atoms with Crippen LogP contribution in [0.2, 0.25) is 0 Å². The number of rotatable bonds is 1. The Morgan fingerprint density at radius 3 is 2.62 bits per heavy atom. The lowest BCUT2D eigenvalue weighted by Gasteiger charge is -2.17. The molecule has 0 radical (unpaired) electrons. The predicted octanol–water partition coefficient (Wildman–Crippen LogP) is 0.863. The zero-order valence-corrected chi connectivity index (χ0v) is 7.34. The number of hydrogen-bond acceptors (Lipinski definition) is 3. The van der Waals surface area contributed by atoms with Crippen LogP contribution in [0.25, 0.3) is 0 Å². The molecule has 0 fully saturated rings. The second-order valence-electron chi connectivity index (χ2n) is 3.25. The van der Waals surface area contributed by atoms with Gasteiger partial charge in [0.2, 0.25) is 0 Å². The molecule has 1 aromatic carbocycles. The molecule has 2 unspecified atom stereocenters. The van der Waals surface area contributed by atoms with Gasteiger partial charge in [-0.15, -0.1) is 0 Å². The summed E-state index contributed by atoms with van der Waals surface area (Å²) in [5.74, 6) is 0. The molecule has 3 heteroatoms. The summed E-state index contributed by atoms with van der Waals surface area (Å²) in [4.78, 5) is 12.4. The molecular weight excluding hydrogens is 166 g/mol. The lowest BCUT2D eigenvalue weighted by atomic mass is 10.1. The smallest absolute Gasteiger partial charge is 0.141 e. The number of nitrogens with zero attached hydrogens (tertiary/aromatic N) is 1. The van der Waals surface area contributed by atoms with Gasteiger partial charge in [-0.2, -0.15) is 0 Å². The van der Waals surface area contributed by atoms with Crippen LogP contribution in [0.3, 0.4) is 0 Å². The monoisotopic (exact) mass is 177 g/mol. The minimum absolute atomic E-state index is 0.300. The van der Waals surface area contributed by atoms with Gasteiger partial charge < -0.3 is 9.90 Å². The van der Waals surface area contributed by atoms with Gasteiger partial charge in [-0.05, 0) is 12.6 Å². The number of aldehydes is 1. The van der Waals surface area contributed by atoms with Crippen LogP contribution in [0.4, 0.5) is 0 Å². The molecule has 0 saturated carbocycles. The summed E-state index contributed by atoms with van der Waals surface area (Å²) >= 11 is 0. The third kappa shape index (κ3) is 1.08. The first-order valence-corrected chi connectivity index (χ1v) is 4.20. The molecule has 2 atom stereocenters. The van der Waals surface area contributed by atoms with Gasteiger partial charge in [0, 0.05) is 5.56 Å². The minimum atomic E-state index is -0.647. The van der Waals surface area contributed by atoms with Crippen LogP contribution in [-0.4, -0.2) is 23.3 Å². The van der Waals surface area contributed by atoms with E-state index in [2.05, 4.69) is 0 Å². The van der Waals surface area contributed by atoms with Crippen LogP contribution >= 0.6 is 0 Å². The fourth-order valence-corrected chi connectivity index (χ4v) is 1.78. The van der Waals surface area contributed by atoms with E-state index >= 15 is 0 Å². The lowest BCUT2D eigenvalue weighted by Crippen LogP contribution is -2.21. The van der Waals surface area contributed by atoms with Crippen molar-refractivity contribution in [2.75, 3.05) is 7.05 Å². The number of aliphatic hydroxyl groups excluding tert-OH is 1. The maximum atomic E-state index is 10.8. The average Bonchev–Trinajstić information content (AvgIpc) is 2.41. The highest BCUT2D eigenvalue weighted by atomic mass is 16.3. The van der Waals surface area contributed by atoms with Crippen molar-refractivity contribution in [1.82, 2.24) is 4.90 Å². The van der Waals surface area contributed by atoms with Crippen LogP contribution in [0, 0.1) is 0 Å². The predicted molar refractivity (Wildman–Crippen MR) is 48.0 cm³/mol. The van der Waals surface area contributed by atoms with Crippen molar-refractivity contribution in [2.45, 2.75) is 12.3 Å². The van der Waals surface area contributed by atoms with E-state index in [9.17, 15) is 9.90 Å². The number of likely N-dealkylation sites (N-methyl/N-ethyl adjacent to an activating group) is 1. The highest BCUT2D eigenvalue weighted by Gasteiger charge is 2.33. The Bertz CT molecular complexity index is 337. The summed E-state index contributed by atoms with van der Waals surface area (Å²) in [5, 5.41) is 9.72. The Hall–Kier alpha value is -1.19. The second-order valence-corrected chi connectivity index (χ2v) is 3.25. The molecule has 1 aromatic rings. The average molecular weight is 177 g/mol. The maximum absolute atomic E-state index is 10.8. The van der Waals surface area contributed by atoms with Crippen molar-refractivity contribution in [3.05, 3.63) is 35.4 Å². The molecule has 13 heavy (non-hydrogen) atoms. The summed E-state index contributed by atoms with van der Waals surface area (Å²) in [6, 6.07) is 7.16. The SMILES string of the molecule is CN1C(O)c2ccccc2C1C=O. The third-order valence-corrected chi connectivity index (χ3v) is 2.55. The molecule has 0 spiro atoms. The summed E-state index contributed by atoms with van der Waals surface area (Å²) in [6.45, 7) is 0. The molecule has 3 nitrogen and oxygen atoms in total. The van der Waals surface area contributed by atoms with Crippen molar-refractivity contribution < 1.29 is 9.90 Å². The highest BCUT2D eigenvalue weighted by molar-refractivity contribution is 5.64. The number of hydrogen-bond donors (Lipinski definition) is 1. The topological polar surface area (TPSA) is 40.5 Å². The van der Waals surface area contributed by atoms with Gasteiger partial charge in [-0.1, -0.05) is 24.3 Å². The normalized spacial score (nSPS) is 27.2. The number of fused-ring (bicyclic) bond motifs is 1. The van der Waals surface area contributed by atoms with Crippen molar-refractivity contribution in [1.29, 1.82) is 0 Å². The lowest BCUT2D eigenvalue weighted by molar-refractivity contribution is -0.114. The molecule has 0 bridgehead atoms. The van der Waals surface area contributed by atoms with Crippen LogP contribution in [0.15, 0.2) is 24.3 Å². The number of aliphatic hydroxyl groups is 1. The van der Waals surface area contributed by atoms with Gasteiger partial charge in [0.05, 0.1) is 6.04 Å².